The third-order valence-electron chi connectivity index (χ3n) is 2.42. The Morgan fingerprint density at radius 3 is 2.63 bits per heavy atom. The zero-order chi connectivity index (χ0) is 15.2. The van der Waals surface area contributed by atoms with Crippen molar-refractivity contribution in [3.8, 4) is 5.75 Å². The van der Waals surface area contributed by atoms with E-state index in [1.807, 2.05) is 13.8 Å². The Labute approximate surface area is 115 Å². The van der Waals surface area contributed by atoms with Gasteiger partial charge in [-0.3, -0.25) is 4.79 Å². The molecule has 1 unspecified atom stereocenters. The van der Waals surface area contributed by atoms with Crippen LogP contribution in [0.2, 0.25) is 0 Å². The summed E-state index contributed by atoms with van der Waals surface area (Å²) in [5.41, 5.74) is 5.90. The molecule has 0 saturated carbocycles. The lowest BCUT2D eigenvalue weighted by molar-refractivity contribution is -0.117. The van der Waals surface area contributed by atoms with Crippen molar-refractivity contribution in [2.45, 2.75) is 32.4 Å². The van der Waals surface area contributed by atoms with Crippen LogP contribution in [-0.4, -0.2) is 36.3 Å². The molecule has 1 amide bonds. The Morgan fingerprint density at radius 1 is 1.47 bits per heavy atom. The zero-order valence-corrected chi connectivity index (χ0v) is 11.3. The van der Waals surface area contributed by atoms with Crippen molar-refractivity contribution in [3.63, 3.8) is 0 Å². The molecule has 1 aromatic carbocycles. The van der Waals surface area contributed by atoms with E-state index in [4.69, 9.17) is 11.8 Å². The van der Waals surface area contributed by atoms with Gasteiger partial charge in [0.2, 0.25) is 5.91 Å². The van der Waals surface area contributed by atoms with Gasteiger partial charge in [-0.1, -0.05) is 26.0 Å². The fraction of sp³-hybridized carbons (Fsp3) is 0.500. The highest BCUT2D eigenvalue weighted by Gasteiger charge is 2.06. The third-order valence-corrected chi connectivity index (χ3v) is 2.42. The minimum atomic E-state index is -1.68. The van der Waals surface area contributed by atoms with Gasteiger partial charge >= 0.3 is 0 Å². The molecule has 1 aromatic rings. The molecule has 0 spiro atoms. The predicted octanol–water partition coefficient (Wildman–Crippen LogP) is 0.452. The number of hydrogen-bond donors (Lipinski definition) is 3. The molecule has 0 heterocycles. The fourth-order valence-electron chi connectivity index (χ4n) is 1.44. The molecule has 1 atom stereocenters. The Hall–Kier alpha value is -1.59. The van der Waals surface area contributed by atoms with Gasteiger partial charge in [-0.25, -0.2) is 0 Å². The van der Waals surface area contributed by atoms with E-state index in [9.17, 15) is 9.90 Å². The highest BCUT2D eigenvalue weighted by molar-refractivity contribution is 5.76. The maximum absolute atomic E-state index is 10.8. The fourth-order valence-corrected chi connectivity index (χ4v) is 1.44. The number of benzene rings is 1. The van der Waals surface area contributed by atoms with Crippen molar-refractivity contribution in [1.29, 1.82) is 0 Å². The van der Waals surface area contributed by atoms with Gasteiger partial charge in [0.15, 0.2) is 0 Å². The Bertz CT molecular complexity index is 433. The highest BCUT2D eigenvalue weighted by atomic mass is 16.5. The summed E-state index contributed by atoms with van der Waals surface area (Å²) < 4.78 is 13.1. The van der Waals surface area contributed by atoms with Gasteiger partial charge in [-0.15, -0.1) is 0 Å². The van der Waals surface area contributed by atoms with E-state index in [0.29, 0.717) is 5.75 Å². The van der Waals surface area contributed by atoms with E-state index >= 15 is 0 Å². The number of hydrogen-bond acceptors (Lipinski definition) is 4. The standard InChI is InChI=1S/C14H22N2O3/c1-10(2)16-8-12(17)9-19-13-5-3-11(4-6-13)7-14(15)18/h3-6,10,12,16-17H,7-9H2,1-2H3,(H2,15,18)/i12D. The smallest absolute Gasteiger partial charge is 0.221 e. The van der Waals surface area contributed by atoms with Crippen LogP contribution in [0.15, 0.2) is 24.3 Å². The maximum atomic E-state index is 10.8. The molecule has 0 aliphatic heterocycles. The number of nitrogens with two attached hydrogens (primary N) is 1. The molecule has 5 nitrogen and oxygen atoms in total. The number of nitrogens with one attached hydrogen (secondary N) is 1. The molecule has 0 bridgehead atoms. The third kappa shape index (κ3) is 6.79. The summed E-state index contributed by atoms with van der Waals surface area (Å²) in [6, 6.07) is 7.03. The molecule has 1 rings (SSSR count). The van der Waals surface area contributed by atoms with E-state index in [-0.39, 0.29) is 31.5 Å². The molecule has 0 aromatic heterocycles. The summed E-state index contributed by atoms with van der Waals surface area (Å²) in [5, 5.41) is 12.8. The monoisotopic (exact) mass is 267 g/mol. The maximum Gasteiger partial charge on any atom is 0.221 e. The van der Waals surface area contributed by atoms with Gasteiger partial charge in [-0.2, -0.15) is 0 Å². The van der Waals surface area contributed by atoms with Crippen LogP contribution in [0.4, 0.5) is 0 Å². The van der Waals surface area contributed by atoms with E-state index < -0.39 is 6.08 Å². The van der Waals surface area contributed by atoms with Crippen LogP contribution in [0.1, 0.15) is 20.8 Å². The molecule has 19 heavy (non-hydrogen) atoms. The molecule has 0 saturated heterocycles. The zero-order valence-electron chi connectivity index (χ0n) is 12.3. The number of carbonyl (C=O) groups is 1. The minimum absolute atomic E-state index is 0.129. The second-order valence-corrected chi connectivity index (χ2v) is 4.68. The van der Waals surface area contributed by atoms with E-state index in [0.717, 1.165) is 5.56 Å². The summed E-state index contributed by atoms with van der Waals surface area (Å²) in [6.07, 6.45) is -1.50. The molecule has 0 radical (unpaired) electrons. The normalized spacial score (nSPS) is 14.8. The lowest BCUT2D eigenvalue weighted by Gasteiger charge is -2.15. The predicted molar refractivity (Wildman–Crippen MR) is 74.0 cm³/mol. The summed E-state index contributed by atoms with van der Waals surface area (Å²) in [6.45, 7) is 3.87. The average Bonchev–Trinajstić information content (AvgIpc) is 2.35. The van der Waals surface area contributed by atoms with Gasteiger partial charge in [0.1, 0.15) is 18.4 Å². The first-order valence-corrected chi connectivity index (χ1v) is 6.24. The Balaban J connectivity index is 2.46. The van der Waals surface area contributed by atoms with Gasteiger partial charge in [0.05, 0.1) is 7.79 Å². The number of rotatable bonds is 8. The van der Waals surface area contributed by atoms with Gasteiger partial charge in [0.25, 0.3) is 0 Å². The summed E-state index contributed by atoms with van der Waals surface area (Å²) in [7, 11) is 0. The van der Waals surface area contributed by atoms with Crippen LogP contribution < -0.4 is 15.8 Å². The summed E-state index contributed by atoms with van der Waals surface area (Å²) in [5.74, 6) is 0.146. The van der Waals surface area contributed by atoms with Gasteiger partial charge in [0, 0.05) is 12.6 Å². The number of amides is 1. The first-order chi connectivity index (χ1) is 9.28. The Kier molecular flexibility index (Phi) is 5.65. The Morgan fingerprint density at radius 2 is 2.11 bits per heavy atom. The topological polar surface area (TPSA) is 84.6 Å². The van der Waals surface area contributed by atoms with Crippen molar-refractivity contribution in [2.24, 2.45) is 5.73 Å². The number of primary amides is 1. The quantitative estimate of drug-likeness (QED) is 0.638. The molecule has 106 valence electrons. The summed E-state index contributed by atoms with van der Waals surface area (Å²) >= 11 is 0. The van der Waals surface area contributed by atoms with E-state index in [1.165, 1.54) is 0 Å². The molecular formula is C14H22N2O3. The second-order valence-electron chi connectivity index (χ2n) is 4.68. The van der Waals surface area contributed by atoms with Crippen molar-refractivity contribution in [2.75, 3.05) is 13.2 Å². The second kappa shape index (κ2) is 7.76. The molecular weight excluding hydrogens is 244 g/mol. The van der Waals surface area contributed by atoms with Gasteiger partial charge < -0.3 is 20.9 Å². The van der Waals surface area contributed by atoms with Gasteiger partial charge in [-0.05, 0) is 17.7 Å². The number of carbonyl (C=O) groups excluding carboxylic acids is 1. The minimum Gasteiger partial charge on any atom is -0.491 e. The molecule has 4 N–H and O–H groups in total. The van der Waals surface area contributed by atoms with Crippen LogP contribution in [-0.2, 0) is 11.2 Å². The summed E-state index contributed by atoms with van der Waals surface area (Å²) in [4.78, 5) is 10.8. The van der Waals surface area contributed by atoms with Crippen LogP contribution in [0.5, 0.6) is 5.75 Å². The van der Waals surface area contributed by atoms with Crippen LogP contribution in [0.3, 0.4) is 0 Å². The molecule has 5 heteroatoms. The highest BCUT2D eigenvalue weighted by Crippen LogP contribution is 2.12. The van der Waals surface area contributed by atoms with Crippen LogP contribution in [0.25, 0.3) is 0 Å². The average molecular weight is 267 g/mol. The van der Waals surface area contributed by atoms with E-state index in [2.05, 4.69) is 5.32 Å². The van der Waals surface area contributed by atoms with Crippen molar-refractivity contribution in [1.82, 2.24) is 5.32 Å². The molecule has 0 fully saturated rings. The first kappa shape index (κ1) is 13.8. The van der Waals surface area contributed by atoms with Crippen molar-refractivity contribution in [3.05, 3.63) is 29.8 Å². The molecule has 0 aliphatic rings. The van der Waals surface area contributed by atoms with E-state index in [1.54, 1.807) is 24.3 Å². The first-order valence-electron chi connectivity index (χ1n) is 6.74. The molecule has 0 aliphatic carbocycles. The van der Waals surface area contributed by atoms with Crippen molar-refractivity contribution >= 4 is 5.91 Å². The SMILES string of the molecule is [2H]C(O)(CNC(C)C)COc1ccc(CC(N)=O)cc1. The lowest BCUT2D eigenvalue weighted by Crippen LogP contribution is -2.35. The lowest BCUT2D eigenvalue weighted by atomic mass is 10.1. The number of aliphatic hydroxyl groups is 1. The van der Waals surface area contributed by atoms with Crippen molar-refractivity contribution < 1.29 is 16.0 Å². The van der Waals surface area contributed by atoms with Crippen LogP contribution >= 0.6 is 0 Å². The largest absolute Gasteiger partial charge is 0.491 e. The van der Waals surface area contributed by atoms with Crippen LogP contribution in [0, 0.1) is 0 Å². The number of ether oxygens (including phenoxy) is 1.